The van der Waals surface area contributed by atoms with Crippen molar-refractivity contribution in [2.75, 3.05) is 25.6 Å². The standard InChI is InChI=1S/C26H28N4O4S/c1-5-6-24-29-30-26(35-24)28-25(31)20(16-27)14-19-8-10-22(23(15-19)32-4)34-12-11-33-21-9-7-17(2)18(3)13-21/h7-10,13-15H,5-6,11-12H2,1-4H3,(H,28,30,31). The molecular formula is C26H28N4O4S. The van der Waals surface area contributed by atoms with Crippen LogP contribution in [0.1, 0.15) is 35.0 Å². The Morgan fingerprint density at radius 2 is 1.89 bits per heavy atom. The van der Waals surface area contributed by atoms with Crippen molar-refractivity contribution in [1.29, 1.82) is 5.26 Å². The Hall–Kier alpha value is -3.90. The molecule has 3 aromatic rings. The van der Waals surface area contributed by atoms with Gasteiger partial charge in [0.2, 0.25) is 5.13 Å². The summed E-state index contributed by atoms with van der Waals surface area (Å²) in [5.41, 5.74) is 2.94. The average molecular weight is 493 g/mol. The van der Waals surface area contributed by atoms with Gasteiger partial charge in [0.15, 0.2) is 11.5 Å². The number of rotatable bonds is 11. The fourth-order valence-electron chi connectivity index (χ4n) is 3.11. The van der Waals surface area contributed by atoms with E-state index in [0.29, 0.717) is 35.4 Å². The minimum absolute atomic E-state index is 0.0604. The van der Waals surface area contributed by atoms with E-state index in [9.17, 15) is 10.1 Å². The number of methoxy groups -OCH3 is 1. The number of aryl methyl sites for hydroxylation is 3. The van der Waals surface area contributed by atoms with Gasteiger partial charge in [-0.2, -0.15) is 5.26 Å². The third kappa shape index (κ3) is 7.29. The van der Waals surface area contributed by atoms with Crippen LogP contribution in [0.3, 0.4) is 0 Å². The highest BCUT2D eigenvalue weighted by molar-refractivity contribution is 7.15. The highest BCUT2D eigenvalue weighted by Crippen LogP contribution is 2.29. The minimum atomic E-state index is -0.547. The van der Waals surface area contributed by atoms with Gasteiger partial charge in [-0.25, -0.2) is 0 Å². The number of hydrogen-bond donors (Lipinski definition) is 1. The molecule has 3 rings (SSSR count). The van der Waals surface area contributed by atoms with Crippen LogP contribution in [0.5, 0.6) is 17.2 Å². The highest BCUT2D eigenvalue weighted by atomic mass is 32.1. The third-order valence-corrected chi connectivity index (χ3v) is 6.00. The largest absolute Gasteiger partial charge is 0.493 e. The second-order valence-electron chi connectivity index (χ2n) is 7.73. The summed E-state index contributed by atoms with van der Waals surface area (Å²) in [5.74, 6) is 1.26. The van der Waals surface area contributed by atoms with Gasteiger partial charge >= 0.3 is 0 Å². The molecule has 35 heavy (non-hydrogen) atoms. The van der Waals surface area contributed by atoms with E-state index in [-0.39, 0.29) is 5.57 Å². The normalized spacial score (nSPS) is 11.0. The second kappa shape index (κ2) is 12.5. The molecule has 0 aliphatic rings. The summed E-state index contributed by atoms with van der Waals surface area (Å²) in [4.78, 5) is 12.5. The van der Waals surface area contributed by atoms with E-state index < -0.39 is 5.91 Å². The summed E-state index contributed by atoms with van der Waals surface area (Å²) in [5, 5.41) is 21.3. The molecule has 1 N–H and O–H groups in total. The summed E-state index contributed by atoms with van der Waals surface area (Å²) in [7, 11) is 1.53. The van der Waals surface area contributed by atoms with Gasteiger partial charge in [-0.15, -0.1) is 10.2 Å². The van der Waals surface area contributed by atoms with Crippen LogP contribution in [0, 0.1) is 25.2 Å². The first-order chi connectivity index (χ1) is 16.9. The Morgan fingerprint density at radius 1 is 1.09 bits per heavy atom. The van der Waals surface area contributed by atoms with Crippen LogP contribution in [0.15, 0.2) is 42.0 Å². The quantitative estimate of drug-likeness (QED) is 0.225. The molecule has 1 aromatic heterocycles. The first-order valence-corrected chi connectivity index (χ1v) is 12.0. The van der Waals surface area contributed by atoms with Crippen molar-refractivity contribution in [3.8, 4) is 23.3 Å². The molecule has 2 aromatic carbocycles. The molecule has 0 aliphatic heterocycles. The van der Waals surface area contributed by atoms with Gasteiger partial charge in [0, 0.05) is 6.42 Å². The van der Waals surface area contributed by atoms with Crippen LogP contribution >= 0.6 is 11.3 Å². The number of hydrogen-bond acceptors (Lipinski definition) is 8. The second-order valence-corrected chi connectivity index (χ2v) is 8.79. The van der Waals surface area contributed by atoms with Crippen molar-refractivity contribution in [2.24, 2.45) is 0 Å². The summed E-state index contributed by atoms with van der Waals surface area (Å²) < 4.78 is 17.0. The molecule has 182 valence electrons. The Morgan fingerprint density at radius 3 is 2.60 bits per heavy atom. The lowest BCUT2D eigenvalue weighted by molar-refractivity contribution is -0.112. The van der Waals surface area contributed by atoms with Crippen molar-refractivity contribution in [1.82, 2.24) is 10.2 Å². The molecule has 0 unspecified atom stereocenters. The number of carbonyl (C=O) groups is 1. The molecule has 0 saturated heterocycles. The van der Waals surface area contributed by atoms with Gasteiger partial charge in [-0.3, -0.25) is 10.1 Å². The lowest BCUT2D eigenvalue weighted by Crippen LogP contribution is -2.13. The van der Waals surface area contributed by atoms with E-state index in [2.05, 4.69) is 22.4 Å². The zero-order valence-electron chi connectivity index (χ0n) is 20.3. The summed E-state index contributed by atoms with van der Waals surface area (Å²) in [6.45, 7) is 6.84. The zero-order valence-corrected chi connectivity index (χ0v) is 21.1. The number of benzene rings is 2. The zero-order chi connectivity index (χ0) is 25.2. The monoisotopic (exact) mass is 492 g/mol. The molecular weight excluding hydrogens is 464 g/mol. The molecule has 1 heterocycles. The van der Waals surface area contributed by atoms with E-state index in [1.165, 1.54) is 35.6 Å². The highest BCUT2D eigenvalue weighted by Gasteiger charge is 2.14. The number of ether oxygens (including phenoxy) is 3. The van der Waals surface area contributed by atoms with Crippen LogP contribution in [0.2, 0.25) is 0 Å². The van der Waals surface area contributed by atoms with Crippen LogP contribution in [0.4, 0.5) is 5.13 Å². The predicted octanol–water partition coefficient (Wildman–Crippen LogP) is 5.12. The average Bonchev–Trinajstić information content (AvgIpc) is 3.29. The molecule has 1 amide bonds. The van der Waals surface area contributed by atoms with E-state index in [1.54, 1.807) is 18.2 Å². The molecule has 0 bridgehead atoms. The van der Waals surface area contributed by atoms with Crippen LogP contribution in [-0.2, 0) is 11.2 Å². The Bertz CT molecular complexity index is 1250. The molecule has 0 aliphatic carbocycles. The van der Waals surface area contributed by atoms with Gasteiger partial charge in [0.25, 0.3) is 5.91 Å². The Kier molecular flexibility index (Phi) is 9.21. The van der Waals surface area contributed by atoms with Crippen molar-refractivity contribution in [3.05, 3.63) is 63.7 Å². The maximum Gasteiger partial charge on any atom is 0.268 e. The number of aromatic nitrogens is 2. The van der Waals surface area contributed by atoms with Gasteiger partial charge in [-0.05, 0) is 67.3 Å². The van der Waals surface area contributed by atoms with Crippen molar-refractivity contribution in [3.63, 3.8) is 0 Å². The fraction of sp³-hybridized carbons (Fsp3) is 0.308. The molecule has 0 atom stereocenters. The predicted molar refractivity (Wildman–Crippen MR) is 136 cm³/mol. The maximum atomic E-state index is 12.5. The fourth-order valence-corrected chi connectivity index (χ4v) is 3.94. The first-order valence-electron chi connectivity index (χ1n) is 11.2. The summed E-state index contributed by atoms with van der Waals surface area (Å²) >= 11 is 1.30. The van der Waals surface area contributed by atoms with Crippen LogP contribution in [-0.4, -0.2) is 36.4 Å². The van der Waals surface area contributed by atoms with Gasteiger partial charge < -0.3 is 14.2 Å². The van der Waals surface area contributed by atoms with Gasteiger partial charge in [0.05, 0.1) is 7.11 Å². The summed E-state index contributed by atoms with van der Waals surface area (Å²) in [6, 6.07) is 13.1. The maximum absolute atomic E-state index is 12.5. The Balaban J connectivity index is 1.61. The number of amides is 1. The minimum Gasteiger partial charge on any atom is -0.493 e. The number of nitriles is 1. The number of nitrogens with one attached hydrogen (secondary N) is 1. The number of carbonyl (C=O) groups excluding carboxylic acids is 1. The lowest BCUT2D eigenvalue weighted by atomic mass is 10.1. The van der Waals surface area contributed by atoms with E-state index in [0.717, 1.165) is 23.6 Å². The van der Waals surface area contributed by atoms with E-state index in [1.807, 2.05) is 38.1 Å². The summed E-state index contributed by atoms with van der Waals surface area (Å²) in [6.07, 6.45) is 3.21. The molecule has 9 heteroatoms. The van der Waals surface area contributed by atoms with Gasteiger partial charge in [-0.1, -0.05) is 30.4 Å². The Labute approximate surface area is 209 Å². The molecule has 0 spiro atoms. The molecule has 0 saturated carbocycles. The molecule has 0 fully saturated rings. The lowest BCUT2D eigenvalue weighted by Gasteiger charge is -2.13. The van der Waals surface area contributed by atoms with E-state index >= 15 is 0 Å². The van der Waals surface area contributed by atoms with Crippen LogP contribution in [0.25, 0.3) is 6.08 Å². The number of anilines is 1. The topological polar surface area (TPSA) is 106 Å². The smallest absolute Gasteiger partial charge is 0.268 e. The van der Waals surface area contributed by atoms with Crippen LogP contribution < -0.4 is 19.5 Å². The van der Waals surface area contributed by atoms with Gasteiger partial charge in [0.1, 0.15) is 35.6 Å². The first kappa shape index (κ1) is 25.7. The SMILES string of the molecule is CCCc1nnc(NC(=O)C(C#N)=Cc2ccc(OCCOc3ccc(C)c(C)c3)c(OC)c2)s1. The van der Waals surface area contributed by atoms with Crippen molar-refractivity contribution >= 4 is 28.5 Å². The molecule has 0 radical (unpaired) electrons. The molecule has 8 nitrogen and oxygen atoms in total. The number of nitrogens with zero attached hydrogens (tertiary/aromatic N) is 3. The van der Waals surface area contributed by atoms with Crippen molar-refractivity contribution in [2.45, 2.75) is 33.6 Å². The van der Waals surface area contributed by atoms with E-state index in [4.69, 9.17) is 14.2 Å². The van der Waals surface area contributed by atoms with Crippen molar-refractivity contribution < 1.29 is 19.0 Å². The third-order valence-electron chi connectivity index (χ3n) is 5.10.